The summed E-state index contributed by atoms with van der Waals surface area (Å²) in [6.07, 6.45) is 3.49. The number of ether oxygens (including phenoxy) is 1. The zero-order valence-corrected chi connectivity index (χ0v) is 13.6. The minimum Gasteiger partial charge on any atom is -0.497 e. The lowest BCUT2D eigenvalue weighted by molar-refractivity contribution is -0.132. The van der Waals surface area contributed by atoms with Gasteiger partial charge in [-0.25, -0.2) is 0 Å². The predicted octanol–water partition coefficient (Wildman–Crippen LogP) is 2.26. The van der Waals surface area contributed by atoms with Crippen molar-refractivity contribution in [3.8, 4) is 5.75 Å². The smallest absolute Gasteiger partial charge is 0.222 e. The van der Waals surface area contributed by atoms with E-state index in [0.717, 1.165) is 38.1 Å². The third kappa shape index (κ3) is 5.21. The van der Waals surface area contributed by atoms with Crippen LogP contribution in [0.2, 0.25) is 0 Å². The quantitative estimate of drug-likeness (QED) is 0.907. The van der Waals surface area contributed by atoms with Gasteiger partial charge in [0.05, 0.1) is 7.11 Å². The van der Waals surface area contributed by atoms with Gasteiger partial charge < -0.3 is 15.0 Å². The maximum Gasteiger partial charge on any atom is 0.222 e. The fourth-order valence-corrected chi connectivity index (χ4v) is 2.62. The van der Waals surface area contributed by atoms with E-state index in [2.05, 4.69) is 5.32 Å². The van der Waals surface area contributed by atoms with Gasteiger partial charge in [0, 0.05) is 19.5 Å². The lowest BCUT2D eigenvalue weighted by Crippen LogP contribution is -2.44. The summed E-state index contributed by atoms with van der Waals surface area (Å²) in [6, 6.07) is 8.33. The normalized spacial score (nSPS) is 15.1. The number of halogens is 1. The monoisotopic (exact) mass is 312 g/mol. The zero-order chi connectivity index (χ0) is 14.4. The predicted molar refractivity (Wildman–Crippen MR) is 87.2 cm³/mol. The molecule has 21 heavy (non-hydrogen) atoms. The molecule has 0 aromatic heterocycles. The molecule has 4 nitrogen and oxygen atoms in total. The first kappa shape index (κ1) is 17.8. The van der Waals surface area contributed by atoms with E-state index < -0.39 is 0 Å². The minimum absolute atomic E-state index is 0. The van der Waals surface area contributed by atoms with Gasteiger partial charge in [-0.3, -0.25) is 4.79 Å². The first-order valence-corrected chi connectivity index (χ1v) is 7.30. The van der Waals surface area contributed by atoms with Crippen LogP contribution < -0.4 is 10.1 Å². The fourth-order valence-electron chi connectivity index (χ4n) is 2.62. The van der Waals surface area contributed by atoms with Crippen molar-refractivity contribution in [2.24, 2.45) is 0 Å². The Kier molecular flexibility index (Phi) is 7.54. The van der Waals surface area contributed by atoms with Crippen molar-refractivity contribution in [2.75, 3.05) is 27.2 Å². The van der Waals surface area contributed by atoms with E-state index in [9.17, 15) is 4.79 Å². The lowest BCUT2D eigenvalue weighted by Gasteiger charge is -2.31. The van der Waals surface area contributed by atoms with E-state index >= 15 is 0 Å². The van der Waals surface area contributed by atoms with Gasteiger partial charge in [0.1, 0.15) is 5.75 Å². The topological polar surface area (TPSA) is 41.6 Å². The van der Waals surface area contributed by atoms with E-state index in [-0.39, 0.29) is 18.3 Å². The Bertz CT molecular complexity index is 430. The summed E-state index contributed by atoms with van der Waals surface area (Å²) in [6.45, 7) is 2.03. The summed E-state index contributed by atoms with van der Waals surface area (Å²) in [7, 11) is 3.60. The molecule has 0 spiro atoms. The second-order valence-corrected chi connectivity index (χ2v) is 5.33. The van der Waals surface area contributed by atoms with Crippen molar-refractivity contribution >= 4 is 18.3 Å². The summed E-state index contributed by atoms with van der Waals surface area (Å²) in [5.41, 5.74) is 1.18. The number of rotatable bonds is 5. The number of piperidine rings is 1. The number of nitrogens with zero attached hydrogens (tertiary/aromatic N) is 1. The number of amides is 1. The molecule has 1 fully saturated rings. The molecule has 0 atom stereocenters. The Morgan fingerprint density at radius 2 is 1.90 bits per heavy atom. The molecule has 1 aliphatic rings. The van der Waals surface area contributed by atoms with Crippen LogP contribution in [0.3, 0.4) is 0 Å². The Morgan fingerprint density at radius 1 is 1.29 bits per heavy atom. The van der Waals surface area contributed by atoms with Gasteiger partial charge in [0.2, 0.25) is 5.91 Å². The Labute approximate surface area is 133 Å². The molecule has 0 saturated carbocycles. The summed E-state index contributed by atoms with van der Waals surface area (Å²) < 4.78 is 5.13. The number of methoxy groups -OCH3 is 1. The molecular formula is C16H25ClN2O2. The Morgan fingerprint density at radius 3 is 2.48 bits per heavy atom. The molecule has 1 N–H and O–H groups in total. The number of benzene rings is 1. The van der Waals surface area contributed by atoms with Crippen LogP contribution in [0.25, 0.3) is 0 Å². The van der Waals surface area contributed by atoms with Crippen LogP contribution in [0.5, 0.6) is 5.75 Å². The molecule has 0 bridgehead atoms. The van der Waals surface area contributed by atoms with Gasteiger partial charge in [-0.15, -0.1) is 12.4 Å². The third-order valence-electron chi connectivity index (χ3n) is 4.04. The zero-order valence-electron chi connectivity index (χ0n) is 12.8. The van der Waals surface area contributed by atoms with Gasteiger partial charge >= 0.3 is 0 Å². The molecule has 5 heteroatoms. The molecule has 1 aliphatic heterocycles. The van der Waals surface area contributed by atoms with Gasteiger partial charge in [-0.1, -0.05) is 12.1 Å². The SMILES string of the molecule is COc1ccc(CCC(=O)N(C)C2CCNCC2)cc1.Cl. The number of aryl methyl sites for hydroxylation is 1. The average Bonchev–Trinajstić information content (AvgIpc) is 2.53. The Balaban J connectivity index is 0.00000220. The first-order chi connectivity index (χ1) is 9.70. The van der Waals surface area contributed by atoms with Crippen LogP contribution in [-0.2, 0) is 11.2 Å². The molecule has 0 aliphatic carbocycles. The van der Waals surface area contributed by atoms with Crippen molar-refractivity contribution in [3.05, 3.63) is 29.8 Å². The van der Waals surface area contributed by atoms with E-state index in [0.29, 0.717) is 12.5 Å². The van der Waals surface area contributed by atoms with Crippen LogP contribution >= 0.6 is 12.4 Å². The van der Waals surface area contributed by atoms with Crippen LogP contribution in [0.4, 0.5) is 0 Å². The summed E-state index contributed by atoms with van der Waals surface area (Å²) in [5, 5.41) is 3.33. The van der Waals surface area contributed by atoms with Crippen LogP contribution in [0, 0.1) is 0 Å². The maximum absolute atomic E-state index is 12.2. The van der Waals surface area contributed by atoms with Crippen molar-refractivity contribution in [1.29, 1.82) is 0 Å². The number of hydrogen-bond acceptors (Lipinski definition) is 3. The molecule has 1 amide bonds. The standard InChI is InChI=1S/C16H24N2O2.ClH/c1-18(14-9-11-17-12-10-14)16(19)8-5-13-3-6-15(20-2)7-4-13;/h3-4,6-7,14,17H,5,8-12H2,1-2H3;1H. The average molecular weight is 313 g/mol. The van der Waals surface area contributed by atoms with Gasteiger partial charge in [-0.2, -0.15) is 0 Å². The van der Waals surface area contributed by atoms with Crippen LogP contribution in [-0.4, -0.2) is 44.1 Å². The van der Waals surface area contributed by atoms with Crippen molar-refractivity contribution in [1.82, 2.24) is 10.2 Å². The molecule has 0 radical (unpaired) electrons. The highest BCUT2D eigenvalue weighted by Gasteiger charge is 2.21. The van der Waals surface area contributed by atoms with E-state index in [4.69, 9.17) is 4.74 Å². The largest absolute Gasteiger partial charge is 0.497 e. The minimum atomic E-state index is 0. The highest BCUT2D eigenvalue weighted by molar-refractivity contribution is 5.85. The molecule has 1 aromatic carbocycles. The number of carbonyl (C=O) groups excluding carboxylic acids is 1. The van der Waals surface area contributed by atoms with E-state index in [1.807, 2.05) is 36.2 Å². The molecule has 118 valence electrons. The lowest BCUT2D eigenvalue weighted by atomic mass is 10.0. The molecule has 2 rings (SSSR count). The molecule has 1 aromatic rings. The van der Waals surface area contributed by atoms with Crippen LogP contribution in [0.1, 0.15) is 24.8 Å². The summed E-state index contributed by atoms with van der Waals surface area (Å²) in [4.78, 5) is 14.2. The molecule has 1 saturated heterocycles. The highest BCUT2D eigenvalue weighted by atomic mass is 35.5. The van der Waals surface area contributed by atoms with Gasteiger partial charge in [0.15, 0.2) is 0 Å². The third-order valence-corrected chi connectivity index (χ3v) is 4.04. The second-order valence-electron chi connectivity index (χ2n) is 5.33. The summed E-state index contributed by atoms with van der Waals surface area (Å²) >= 11 is 0. The van der Waals surface area contributed by atoms with E-state index in [1.165, 1.54) is 5.56 Å². The van der Waals surface area contributed by atoms with Crippen LogP contribution in [0.15, 0.2) is 24.3 Å². The second kappa shape index (κ2) is 8.90. The number of hydrogen-bond donors (Lipinski definition) is 1. The van der Waals surface area contributed by atoms with E-state index in [1.54, 1.807) is 7.11 Å². The first-order valence-electron chi connectivity index (χ1n) is 7.30. The van der Waals surface area contributed by atoms with Gasteiger partial charge in [-0.05, 0) is 50.0 Å². The molecular weight excluding hydrogens is 288 g/mol. The van der Waals surface area contributed by atoms with Crippen molar-refractivity contribution < 1.29 is 9.53 Å². The highest BCUT2D eigenvalue weighted by Crippen LogP contribution is 2.15. The molecule has 0 unspecified atom stereocenters. The fraction of sp³-hybridized carbons (Fsp3) is 0.562. The van der Waals surface area contributed by atoms with Crippen molar-refractivity contribution in [2.45, 2.75) is 31.7 Å². The number of nitrogens with one attached hydrogen (secondary N) is 1. The Hall–Kier alpha value is -1.26. The van der Waals surface area contributed by atoms with Crippen molar-refractivity contribution in [3.63, 3.8) is 0 Å². The van der Waals surface area contributed by atoms with Gasteiger partial charge in [0.25, 0.3) is 0 Å². The molecule has 1 heterocycles. The summed E-state index contributed by atoms with van der Waals surface area (Å²) in [5.74, 6) is 1.10. The number of carbonyl (C=O) groups is 1. The maximum atomic E-state index is 12.2.